The smallest absolute Gasteiger partial charge is 0.317 e. The van der Waals surface area contributed by atoms with Gasteiger partial charge in [-0.2, -0.15) is 0 Å². The molecule has 0 saturated carbocycles. The molecular weight excluding hydrogens is 256 g/mol. The van der Waals surface area contributed by atoms with Crippen molar-refractivity contribution in [2.45, 2.75) is 23.5 Å². The number of rotatable bonds is 5. The summed E-state index contributed by atoms with van der Waals surface area (Å²) in [6.07, 6.45) is 0.537. The van der Waals surface area contributed by atoms with Crippen LogP contribution in [-0.4, -0.2) is 16.3 Å². The first-order valence-electron chi connectivity index (χ1n) is 6.15. The Labute approximate surface area is 117 Å². The lowest BCUT2D eigenvalue weighted by Gasteiger charge is -2.12. The Kier molecular flexibility index (Phi) is 4.63. The van der Waals surface area contributed by atoms with E-state index in [-0.39, 0.29) is 0 Å². The summed E-state index contributed by atoms with van der Waals surface area (Å²) in [5.41, 5.74) is 2.24. The zero-order chi connectivity index (χ0) is 13.7. The molecule has 0 aliphatic rings. The molecule has 0 aliphatic carbocycles. The topological polar surface area (TPSA) is 37.3 Å². The number of carboxylic acids is 1. The van der Waals surface area contributed by atoms with Gasteiger partial charge >= 0.3 is 5.97 Å². The van der Waals surface area contributed by atoms with Crippen LogP contribution in [0, 0.1) is 6.92 Å². The van der Waals surface area contributed by atoms with E-state index in [2.05, 4.69) is 0 Å². The molecule has 0 amide bonds. The third-order valence-corrected chi connectivity index (χ3v) is 4.04. The van der Waals surface area contributed by atoms with Crippen molar-refractivity contribution in [3.05, 3.63) is 65.7 Å². The van der Waals surface area contributed by atoms with E-state index in [1.165, 1.54) is 17.3 Å². The summed E-state index contributed by atoms with van der Waals surface area (Å²) in [4.78, 5) is 12.3. The summed E-state index contributed by atoms with van der Waals surface area (Å²) in [7, 11) is 0. The molecule has 2 aromatic carbocycles. The molecule has 0 radical (unpaired) electrons. The van der Waals surface area contributed by atoms with Gasteiger partial charge in [-0.1, -0.05) is 48.0 Å². The predicted octanol–water partition coefficient (Wildman–Crippen LogP) is 3.78. The van der Waals surface area contributed by atoms with E-state index in [1.54, 1.807) is 0 Å². The van der Waals surface area contributed by atoms with E-state index in [0.717, 1.165) is 10.5 Å². The molecule has 0 fully saturated rings. The summed E-state index contributed by atoms with van der Waals surface area (Å²) >= 11 is 1.40. The van der Waals surface area contributed by atoms with Crippen LogP contribution in [0.4, 0.5) is 0 Å². The van der Waals surface area contributed by atoms with Crippen molar-refractivity contribution in [2.75, 3.05) is 0 Å². The highest BCUT2D eigenvalue weighted by molar-refractivity contribution is 8.00. The number of benzene rings is 2. The highest BCUT2D eigenvalue weighted by Crippen LogP contribution is 2.26. The van der Waals surface area contributed by atoms with E-state index in [0.29, 0.717) is 6.42 Å². The third kappa shape index (κ3) is 4.14. The van der Waals surface area contributed by atoms with Gasteiger partial charge in [0.1, 0.15) is 5.25 Å². The van der Waals surface area contributed by atoms with E-state index >= 15 is 0 Å². The van der Waals surface area contributed by atoms with Gasteiger partial charge < -0.3 is 5.11 Å². The monoisotopic (exact) mass is 272 g/mol. The molecule has 1 atom stereocenters. The zero-order valence-corrected chi connectivity index (χ0v) is 11.6. The predicted molar refractivity (Wildman–Crippen MR) is 78.6 cm³/mol. The fourth-order valence-electron chi connectivity index (χ4n) is 1.78. The molecule has 19 heavy (non-hydrogen) atoms. The van der Waals surface area contributed by atoms with Crippen molar-refractivity contribution in [3.63, 3.8) is 0 Å². The van der Waals surface area contributed by atoms with E-state index in [9.17, 15) is 9.90 Å². The SMILES string of the molecule is Cc1ccc(CC(Sc2ccccc2)C(=O)O)cc1. The Balaban J connectivity index is 2.08. The van der Waals surface area contributed by atoms with Crippen LogP contribution in [0.3, 0.4) is 0 Å². The largest absolute Gasteiger partial charge is 0.480 e. The Morgan fingerprint density at radius 2 is 1.74 bits per heavy atom. The number of hydrogen-bond acceptors (Lipinski definition) is 2. The fourth-order valence-corrected chi connectivity index (χ4v) is 2.80. The van der Waals surface area contributed by atoms with Gasteiger partial charge in [-0.05, 0) is 31.0 Å². The van der Waals surface area contributed by atoms with E-state index in [4.69, 9.17) is 0 Å². The van der Waals surface area contributed by atoms with Crippen LogP contribution in [0.25, 0.3) is 0 Å². The minimum atomic E-state index is -0.769. The Morgan fingerprint density at radius 3 is 2.32 bits per heavy atom. The van der Waals surface area contributed by atoms with Gasteiger partial charge in [0, 0.05) is 4.90 Å². The van der Waals surface area contributed by atoms with E-state index < -0.39 is 11.2 Å². The molecule has 0 aromatic heterocycles. The maximum atomic E-state index is 11.4. The standard InChI is InChI=1S/C16H16O2S/c1-12-7-9-13(10-8-12)11-15(16(17)18)19-14-5-3-2-4-6-14/h2-10,15H,11H2,1H3,(H,17,18). The van der Waals surface area contributed by atoms with Gasteiger partial charge in [-0.15, -0.1) is 11.8 Å². The van der Waals surface area contributed by atoms with Crippen molar-refractivity contribution >= 4 is 17.7 Å². The van der Waals surface area contributed by atoms with Gasteiger partial charge in [0.25, 0.3) is 0 Å². The minimum absolute atomic E-state index is 0.454. The second-order valence-corrected chi connectivity index (χ2v) is 5.72. The lowest BCUT2D eigenvalue weighted by atomic mass is 10.1. The zero-order valence-electron chi connectivity index (χ0n) is 10.7. The molecule has 0 aliphatic heterocycles. The average Bonchev–Trinajstić information content (AvgIpc) is 2.41. The molecule has 2 rings (SSSR count). The first-order chi connectivity index (χ1) is 9.15. The normalized spacial score (nSPS) is 12.1. The number of aryl methyl sites for hydroxylation is 1. The van der Waals surface area contributed by atoms with E-state index in [1.807, 2.05) is 61.5 Å². The number of aliphatic carboxylic acids is 1. The Bertz CT molecular complexity index is 534. The quantitative estimate of drug-likeness (QED) is 0.842. The highest BCUT2D eigenvalue weighted by Gasteiger charge is 2.19. The van der Waals surface area contributed by atoms with Crippen LogP contribution in [0.2, 0.25) is 0 Å². The molecule has 1 unspecified atom stereocenters. The molecule has 0 heterocycles. The van der Waals surface area contributed by atoms with Gasteiger partial charge in [-0.25, -0.2) is 0 Å². The van der Waals surface area contributed by atoms with Crippen LogP contribution < -0.4 is 0 Å². The van der Waals surface area contributed by atoms with Gasteiger partial charge in [0.05, 0.1) is 0 Å². The summed E-state index contributed by atoms with van der Waals surface area (Å²) in [6, 6.07) is 17.7. The lowest BCUT2D eigenvalue weighted by molar-refractivity contribution is -0.136. The van der Waals surface area contributed by atoms with Crippen molar-refractivity contribution in [3.8, 4) is 0 Å². The van der Waals surface area contributed by atoms with Crippen molar-refractivity contribution in [1.29, 1.82) is 0 Å². The van der Waals surface area contributed by atoms with Crippen LogP contribution in [0.5, 0.6) is 0 Å². The first-order valence-corrected chi connectivity index (χ1v) is 7.03. The summed E-state index contributed by atoms with van der Waals surface area (Å²) in [5, 5.41) is 8.88. The molecule has 3 heteroatoms. The van der Waals surface area contributed by atoms with Gasteiger partial charge in [0.15, 0.2) is 0 Å². The molecule has 0 saturated heterocycles. The number of carbonyl (C=O) groups is 1. The van der Waals surface area contributed by atoms with Crippen LogP contribution in [0.1, 0.15) is 11.1 Å². The fraction of sp³-hybridized carbons (Fsp3) is 0.188. The maximum absolute atomic E-state index is 11.4. The molecular formula is C16H16O2S. The molecule has 0 spiro atoms. The number of hydrogen-bond donors (Lipinski definition) is 1. The summed E-state index contributed by atoms with van der Waals surface area (Å²) in [5.74, 6) is -0.769. The van der Waals surface area contributed by atoms with Gasteiger partial charge in [0.2, 0.25) is 0 Å². The van der Waals surface area contributed by atoms with Crippen LogP contribution in [-0.2, 0) is 11.2 Å². The lowest BCUT2D eigenvalue weighted by Crippen LogP contribution is -2.19. The van der Waals surface area contributed by atoms with Crippen LogP contribution >= 0.6 is 11.8 Å². The Hall–Kier alpha value is -1.74. The average molecular weight is 272 g/mol. The number of thioether (sulfide) groups is 1. The Morgan fingerprint density at radius 1 is 1.11 bits per heavy atom. The maximum Gasteiger partial charge on any atom is 0.317 e. The minimum Gasteiger partial charge on any atom is -0.480 e. The highest BCUT2D eigenvalue weighted by atomic mass is 32.2. The van der Waals surface area contributed by atoms with Crippen LogP contribution in [0.15, 0.2) is 59.5 Å². The summed E-state index contributed by atoms with van der Waals surface area (Å²) < 4.78 is 0. The number of carboxylic acid groups (broad SMARTS) is 1. The van der Waals surface area contributed by atoms with Crippen molar-refractivity contribution in [1.82, 2.24) is 0 Å². The second-order valence-electron chi connectivity index (χ2n) is 4.45. The molecule has 98 valence electrons. The third-order valence-electron chi connectivity index (χ3n) is 2.84. The molecule has 2 aromatic rings. The van der Waals surface area contributed by atoms with Crippen molar-refractivity contribution in [2.24, 2.45) is 0 Å². The molecule has 0 bridgehead atoms. The molecule has 2 nitrogen and oxygen atoms in total. The second kappa shape index (κ2) is 6.43. The summed E-state index contributed by atoms with van der Waals surface area (Å²) in [6.45, 7) is 2.02. The van der Waals surface area contributed by atoms with Crippen molar-refractivity contribution < 1.29 is 9.90 Å². The van der Waals surface area contributed by atoms with Gasteiger partial charge in [-0.3, -0.25) is 4.79 Å². The molecule has 1 N–H and O–H groups in total. The first kappa shape index (κ1) is 13.7.